The van der Waals surface area contributed by atoms with Gasteiger partial charge in [0.2, 0.25) is 5.91 Å². The largest absolute Gasteiger partial charge is 0.416 e. The van der Waals surface area contributed by atoms with Gasteiger partial charge < -0.3 is 10.2 Å². The predicted molar refractivity (Wildman–Crippen MR) is 79.1 cm³/mol. The molecule has 1 aromatic carbocycles. The number of rotatable bonds is 2. The van der Waals surface area contributed by atoms with E-state index in [1.165, 1.54) is 18.0 Å². The Hall–Kier alpha value is -1.76. The van der Waals surface area contributed by atoms with Crippen LogP contribution in [0, 0.1) is 5.92 Å². The van der Waals surface area contributed by atoms with Gasteiger partial charge in [0, 0.05) is 30.7 Å². The summed E-state index contributed by atoms with van der Waals surface area (Å²) in [5, 5.41) is 2.38. The number of carbonyl (C=O) groups excluding carboxylic acids is 2. The van der Waals surface area contributed by atoms with Crippen molar-refractivity contribution >= 4 is 23.4 Å². The third-order valence-corrected chi connectivity index (χ3v) is 4.02. The maximum Gasteiger partial charge on any atom is 0.416 e. The number of halogens is 4. The normalized spacial score (nSPS) is 18.7. The highest BCUT2D eigenvalue weighted by Gasteiger charge is 2.33. The Balaban J connectivity index is 2.23. The molecule has 1 atom stereocenters. The lowest BCUT2D eigenvalue weighted by molar-refractivity contribution is -0.137. The molecular weight excluding hydrogens is 333 g/mol. The van der Waals surface area contributed by atoms with Crippen LogP contribution in [0.2, 0.25) is 5.02 Å². The number of nitrogens with zero attached hydrogens (tertiary/aromatic N) is 1. The summed E-state index contributed by atoms with van der Waals surface area (Å²) in [5.41, 5.74) is -1.09. The van der Waals surface area contributed by atoms with Gasteiger partial charge in [-0.15, -0.1) is 0 Å². The average molecular weight is 349 g/mol. The van der Waals surface area contributed by atoms with Crippen LogP contribution in [0.4, 0.5) is 13.2 Å². The summed E-state index contributed by atoms with van der Waals surface area (Å²) in [6.07, 6.45) is -3.31. The fraction of sp³-hybridized carbons (Fsp3) is 0.467. The minimum absolute atomic E-state index is 0.123. The van der Waals surface area contributed by atoms with E-state index in [4.69, 9.17) is 11.6 Å². The molecule has 8 heteroatoms. The van der Waals surface area contributed by atoms with Gasteiger partial charge in [-0.05, 0) is 31.0 Å². The zero-order chi connectivity index (χ0) is 17.2. The lowest BCUT2D eigenvalue weighted by Gasteiger charge is -2.32. The molecule has 0 saturated carbocycles. The van der Waals surface area contributed by atoms with Crippen molar-refractivity contribution in [2.45, 2.75) is 19.0 Å². The summed E-state index contributed by atoms with van der Waals surface area (Å²) in [4.78, 5) is 25.5. The Morgan fingerprint density at radius 3 is 2.61 bits per heavy atom. The van der Waals surface area contributed by atoms with E-state index < -0.39 is 17.6 Å². The number of carbonyl (C=O) groups is 2. The summed E-state index contributed by atoms with van der Waals surface area (Å²) < 4.78 is 38.5. The van der Waals surface area contributed by atoms with Crippen molar-refractivity contribution in [3.63, 3.8) is 0 Å². The molecule has 0 bridgehead atoms. The first-order valence-electron chi connectivity index (χ1n) is 7.11. The van der Waals surface area contributed by atoms with Gasteiger partial charge in [0.05, 0.1) is 11.5 Å². The maximum atomic E-state index is 12.8. The predicted octanol–water partition coefficient (Wildman–Crippen LogP) is 2.96. The topological polar surface area (TPSA) is 49.4 Å². The smallest absolute Gasteiger partial charge is 0.359 e. The molecule has 2 amide bonds. The summed E-state index contributed by atoms with van der Waals surface area (Å²) in [5.74, 6) is -1.07. The SMILES string of the molecule is CNC(=O)[C@H]1CCCN(C(=O)c2cc(Cl)cc(C(F)(F)F)c2)C1. The van der Waals surface area contributed by atoms with E-state index >= 15 is 0 Å². The summed E-state index contributed by atoms with van der Waals surface area (Å²) >= 11 is 5.71. The molecule has 0 spiro atoms. The number of alkyl halides is 3. The van der Waals surface area contributed by atoms with Crippen molar-refractivity contribution in [1.29, 1.82) is 0 Å². The van der Waals surface area contributed by atoms with E-state index in [9.17, 15) is 22.8 Å². The molecule has 1 aliphatic rings. The van der Waals surface area contributed by atoms with Crippen LogP contribution < -0.4 is 5.32 Å². The molecule has 1 saturated heterocycles. The first kappa shape index (κ1) is 17.6. The van der Waals surface area contributed by atoms with Crippen LogP contribution in [-0.2, 0) is 11.0 Å². The van der Waals surface area contributed by atoms with Gasteiger partial charge in [-0.2, -0.15) is 13.2 Å². The average Bonchev–Trinajstić information content (AvgIpc) is 2.52. The Bertz CT molecular complexity index is 619. The minimum Gasteiger partial charge on any atom is -0.359 e. The van der Waals surface area contributed by atoms with Gasteiger partial charge in [0.25, 0.3) is 5.91 Å². The molecule has 2 rings (SSSR count). The second-order valence-electron chi connectivity index (χ2n) is 5.43. The zero-order valence-electron chi connectivity index (χ0n) is 12.4. The number of piperidine rings is 1. The zero-order valence-corrected chi connectivity index (χ0v) is 13.2. The second kappa shape index (κ2) is 6.78. The van der Waals surface area contributed by atoms with Crippen LogP contribution >= 0.6 is 11.6 Å². The van der Waals surface area contributed by atoms with Crippen molar-refractivity contribution in [2.24, 2.45) is 5.92 Å². The van der Waals surface area contributed by atoms with E-state index in [2.05, 4.69) is 5.32 Å². The molecule has 23 heavy (non-hydrogen) atoms. The van der Waals surface area contributed by atoms with Crippen molar-refractivity contribution in [1.82, 2.24) is 10.2 Å². The lowest BCUT2D eigenvalue weighted by Crippen LogP contribution is -2.44. The lowest BCUT2D eigenvalue weighted by atomic mass is 9.96. The monoisotopic (exact) mass is 348 g/mol. The highest BCUT2D eigenvalue weighted by atomic mass is 35.5. The van der Waals surface area contributed by atoms with Gasteiger partial charge in [0.1, 0.15) is 0 Å². The molecular formula is C15H16ClF3N2O2. The number of amides is 2. The molecule has 1 aromatic rings. The number of hydrogen-bond donors (Lipinski definition) is 1. The van der Waals surface area contributed by atoms with Gasteiger partial charge in [-0.25, -0.2) is 0 Å². The Labute approximate surface area is 136 Å². The van der Waals surface area contributed by atoms with Crippen LogP contribution in [0.15, 0.2) is 18.2 Å². The number of benzene rings is 1. The number of hydrogen-bond acceptors (Lipinski definition) is 2. The number of nitrogens with one attached hydrogen (secondary N) is 1. The standard InChI is InChI=1S/C15H16ClF3N2O2/c1-20-13(22)9-3-2-4-21(8-9)14(23)10-5-11(15(17,18)19)7-12(16)6-10/h5-7,9H,2-4,8H2,1H3,(H,20,22)/t9-/m0/s1. The van der Waals surface area contributed by atoms with E-state index in [0.29, 0.717) is 19.4 Å². The fourth-order valence-corrected chi connectivity index (χ4v) is 2.87. The van der Waals surface area contributed by atoms with E-state index in [1.807, 2.05) is 0 Å². The second-order valence-corrected chi connectivity index (χ2v) is 5.87. The van der Waals surface area contributed by atoms with Gasteiger partial charge in [-0.1, -0.05) is 11.6 Å². The minimum atomic E-state index is -4.58. The first-order chi connectivity index (χ1) is 10.7. The van der Waals surface area contributed by atoms with E-state index in [1.54, 1.807) is 0 Å². The molecule has 0 unspecified atom stereocenters. The van der Waals surface area contributed by atoms with E-state index in [0.717, 1.165) is 12.1 Å². The molecule has 1 fully saturated rings. The Morgan fingerprint density at radius 2 is 2.00 bits per heavy atom. The Morgan fingerprint density at radius 1 is 1.30 bits per heavy atom. The quantitative estimate of drug-likeness (QED) is 0.893. The van der Waals surface area contributed by atoms with Crippen molar-refractivity contribution in [3.8, 4) is 0 Å². The molecule has 1 N–H and O–H groups in total. The maximum absolute atomic E-state index is 12.8. The summed E-state index contributed by atoms with van der Waals surface area (Å²) in [6.45, 7) is 0.590. The van der Waals surface area contributed by atoms with Crippen molar-refractivity contribution in [3.05, 3.63) is 34.3 Å². The van der Waals surface area contributed by atoms with Crippen LogP contribution in [0.25, 0.3) is 0 Å². The molecule has 0 aromatic heterocycles. The van der Waals surface area contributed by atoms with Crippen molar-refractivity contribution in [2.75, 3.05) is 20.1 Å². The highest BCUT2D eigenvalue weighted by molar-refractivity contribution is 6.31. The van der Waals surface area contributed by atoms with Crippen molar-refractivity contribution < 1.29 is 22.8 Å². The van der Waals surface area contributed by atoms with Crippen LogP contribution in [0.1, 0.15) is 28.8 Å². The molecule has 0 aliphatic carbocycles. The highest BCUT2D eigenvalue weighted by Crippen LogP contribution is 2.32. The van der Waals surface area contributed by atoms with Gasteiger partial charge >= 0.3 is 6.18 Å². The first-order valence-corrected chi connectivity index (χ1v) is 7.49. The Kier molecular flexibility index (Phi) is 5.19. The van der Waals surface area contributed by atoms with Gasteiger partial charge in [0.15, 0.2) is 0 Å². The van der Waals surface area contributed by atoms with Gasteiger partial charge in [-0.3, -0.25) is 9.59 Å². The van der Waals surface area contributed by atoms with Crippen LogP contribution in [0.5, 0.6) is 0 Å². The van der Waals surface area contributed by atoms with Crippen LogP contribution in [0.3, 0.4) is 0 Å². The number of likely N-dealkylation sites (tertiary alicyclic amines) is 1. The molecule has 1 heterocycles. The molecule has 1 aliphatic heterocycles. The third-order valence-electron chi connectivity index (χ3n) is 3.80. The molecule has 4 nitrogen and oxygen atoms in total. The van der Waals surface area contributed by atoms with E-state index in [-0.39, 0.29) is 29.0 Å². The summed E-state index contributed by atoms with van der Waals surface area (Å²) in [7, 11) is 1.51. The molecule has 0 radical (unpaired) electrons. The summed E-state index contributed by atoms with van der Waals surface area (Å²) in [6, 6.07) is 2.78. The third kappa shape index (κ3) is 4.16. The fourth-order valence-electron chi connectivity index (χ4n) is 2.64. The molecule has 126 valence electrons. The van der Waals surface area contributed by atoms with Crippen LogP contribution in [-0.4, -0.2) is 36.9 Å².